The molecule has 0 radical (unpaired) electrons. The van der Waals surface area contributed by atoms with Gasteiger partial charge in [-0.05, 0) is 55.0 Å². The van der Waals surface area contributed by atoms with Crippen LogP contribution in [-0.2, 0) is 22.6 Å². The Bertz CT molecular complexity index is 864. The normalized spacial score (nSPS) is 12.0. The Morgan fingerprint density at radius 2 is 1.72 bits per heavy atom. The minimum Gasteiger partial charge on any atom is -0.354 e. The molecule has 0 aliphatic heterocycles. The van der Waals surface area contributed by atoms with E-state index in [1.807, 2.05) is 64.1 Å². The molecule has 0 aliphatic rings. The van der Waals surface area contributed by atoms with Gasteiger partial charge in [0.2, 0.25) is 11.8 Å². The van der Waals surface area contributed by atoms with Crippen LogP contribution in [0.25, 0.3) is 0 Å². The molecular formula is C24H31ClN2O2. The number of nitrogens with zero attached hydrogens (tertiary/aromatic N) is 1. The van der Waals surface area contributed by atoms with Crippen molar-refractivity contribution in [2.75, 3.05) is 6.54 Å². The zero-order valence-electron chi connectivity index (χ0n) is 18.0. The Kier molecular flexibility index (Phi) is 8.27. The highest BCUT2D eigenvalue weighted by atomic mass is 35.5. The third-order valence-electron chi connectivity index (χ3n) is 5.08. The highest BCUT2D eigenvalue weighted by Gasteiger charge is 2.26. The fraction of sp³-hybridized carbons (Fsp3) is 0.417. The molecule has 0 saturated carbocycles. The summed E-state index contributed by atoms with van der Waals surface area (Å²) in [5.74, 6) is 0.0916. The summed E-state index contributed by atoms with van der Waals surface area (Å²) in [4.78, 5) is 27.5. The molecule has 2 aromatic rings. The summed E-state index contributed by atoms with van der Waals surface area (Å²) < 4.78 is 0. The van der Waals surface area contributed by atoms with Crippen LogP contribution >= 0.6 is 11.6 Å². The van der Waals surface area contributed by atoms with Gasteiger partial charge < -0.3 is 10.2 Å². The van der Waals surface area contributed by atoms with Gasteiger partial charge in [-0.2, -0.15) is 0 Å². The highest BCUT2D eigenvalue weighted by Crippen LogP contribution is 2.20. The second-order valence-corrected chi connectivity index (χ2v) is 8.43. The molecule has 0 saturated heterocycles. The molecule has 29 heavy (non-hydrogen) atoms. The average Bonchev–Trinajstić information content (AvgIpc) is 2.67. The van der Waals surface area contributed by atoms with Crippen molar-refractivity contribution in [2.45, 2.75) is 53.6 Å². The lowest BCUT2D eigenvalue weighted by Crippen LogP contribution is -2.48. The zero-order valence-corrected chi connectivity index (χ0v) is 18.7. The number of halogens is 1. The molecule has 1 N–H and O–H groups in total. The van der Waals surface area contributed by atoms with Crippen LogP contribution in [0.15, 0.2) is 42.5 Å². The number of carbonyl (C=O) groups is 2. The standard InChI is InChI=1S/C24H31ClN2O2/c1-16(2)14-26-24(29)19(5)27(15-21-8-6-7-9-22(21)25)23(28)13-20-11-10-17(3)18(4)12-20/h6-12,16,19H,13-15H2,1-5H3,(H,26,29)/t19-/m0/s1. The fourth-order valence-corrected chi connectivity index (χ4v) is 3.23. The maximum atomic E-state index is 13.2. The number of hydrogen-bond donors (Lipinski definition) is 1. The van der Waals surface area contributed by atoms with Crippen molar-refractivity contribution in [2.24, 2.45) is 5.92 Å². The monoisotopic (exact) mass is 414 g/mol. The first-order valence-electron chi connectivity index (χ1n) is 10.1. The fourth-order valence-electron chi connectivity index (χ4n) is 3.03. The highest BCUT2D eigenvalue weighted by molar-refractivity contribution is 6.31. The molecule has 2 rings (SSSR count). The Hall–Kier alpha value is -2.33. The van der Waals surface area contributed by atoms with Gasteiger partial charge in [-0.25, -0.2) is 0 Å². The molecule has 0 bridgehead atoms. The first-order valence-corrected chi connectivity index (χ1v) is 10.4. The van der Waals surface area contributed by atoms with Crippen LogP contribution in [0.3, 0.4) is 0 Å². The van der Waals surface area contributed by atoms with Gasteiger partial charge in [-0.1, -0.05) is 61.8 Å². The molecule has 1 atom stereocenters. The smallest absolute Gasteiger partial charge is 0.242 e. The van der Waals surface area contributed by atoms with Crippen LogP contribution in [0.4, 0.5) is 0 Å². The van der Waals surface area contributed by atoms with Gasteiger partial charge in [0.05, 0.1) is 6.42 Å². The van der Waals surface area contributed by atoms with Gasteiger partial charge in [0, 0.05) is 18.1 Å². The van der Waals surface area contributed by atoms with Crippen LogP contribution < -0.4 is 5.32 Å². The molecule has 2 aromatic carbocycles. The van der Waals surface area contributed by atoms with E-state index in [1.165, 1.54) is 5.56 Å². The summed E-state index contributed by atoms with van der Waals surface area (Å²) in [6.45, 7) is 10.8. The molecular weight excluding hydrogens is 384 g/mol. The SMILES string of the molecule is Cc1ccc(CC(=O)N(Cc2ccccc2Cl)[C@@H](C)C(=O)NCC(C)C)cc1C. The molecule has 0 aliphatic carbocycles. The van der Waals surface area contributed by atoms with E-state index in [-0.39, 0.29) is 18.2 Å². The predicted molar refractivity (Wildman–Crippen MR) is 119 cm³/mol. The second kappa shape index (κ2) is 10.4. The Balaban J connectivity index is 2.24. The van der Waals surface area contributed by atoms with E-state index in [0.29, 0.717) is 24.0 Å². The molecule has 0 spiro atoms. The van der Waals surface area contributed by atoms with Crippen molar-refractivity contribution in [3.63, 3.8) is 0 Å². The van der Waals surface area contributed by atoms with Crippen molar-refractivity contribution in [3.05, 3.63) is 69.7 Å². The minimum atomic E-state index is -0.593. The molecule has 0 unspecified atom stereocenters. The van der Waals surface area contributed by atoms with E-state index in [9.17, 15) is 9.59 Å². The molecule has 5 heteroatoms. The average molecular weight is 415 g/mol. The van der Waals surface area contributed by atoms with Crippen LogP contribution in [0.2, 0.25) is 5.02 Å². The summed E-state index contributed by atoms with van der Waals surface area (Å²) in [5, 5.41) is 3.52. The van der Waals surface area contributed by atoms with Crippen molar-refractivity contribution < 1.29 is 9.59 Å². The third kappa shape index (κ3) is 6.60. The number of carbonyl (C=O) groups excluding carboxylic acids is 2. The van der Waals surface area contributed by atoms with Crippen molar-refractivity contribution in [3.8, 4) is 0 Å². The van der Waals surface area contributed by atoms with Gasteiger partial charge in [-0.3, -0.25) is 9.59 Å². The van der Waals surface area contributed by atoms with Crippen molar-refractivity contribution >= 4 is 23.4 Å². The maximum absolute atomic E-state index is 13.2. The first kappa shape index (κ1) is 23.0. The molecule has 0 aromatic heterocycles. The Morgan fingerprint density at radius 1 is 1.03 bits per heavy atom. The number of amides is 2. The first-order chi connectivity index (χ1) is 13.7. The number of nitrogens with one attached hydrogen (secondary N) is 1. The van der Waals surface area contributed by atoms with Gasteiger partial charge in [0.15, 0.2) is 0 Å². The molecule has 4 nitrogen and oxygen atoms in total. The molecule has 2 amide bonds. The van der Waals surface area contributed by atoms with E-state index in [2.05, 4.69) is 5.32 Å². The lowest BCUT2D eigenvalue weighted by atomic mass is 10.0. The van der Waals surface area contributed by atoms with E-state index < -0.39 is 6.04 Å². The van der Waals surface area contributed by atoms with Crippen LogP contribution in [-0.4, -0.2) is 29.3 Å². The summed E-state index contributed by atoms with van der Waals surface area (Å²) in [5.41, 5.74) is 4.11. The van der Waals surface area contributed by atoms with Crippen molar-refractivity contribution in [1.82, 2.24) is 10.2 Å². The van der Waals surface area contributed by atoms with E-state index >= 15 is 0 Å². The molecule has 0 heterocycles. The Morgan fingerprint density at radius 3 is 2.34 bits per heavy atom. The van der Waals surface area contributed by atoms with Gasteiger partial charge in [0.25, 0.3) is 0 Å². The van der Waals surface area contributed by atoms with Crippen LogP contribution in [0.1, 0.15) is 43.0 Å². The number of rotatable bonds is 8. The van der Waals surface area contributed by atoms with E-state index in [4.69, 9.17) is 11.6 Å². The zero-order chi connectivity index (χ0) is 21.6. The summed E-state index contributed by atoms with van der Waals surface area (Å²) in [6, 6.07) is 12.9. The van der Waals surface area contributed by atoms with Gasteiger partial charge in [0.1, 0.15) is 6.04 Å². The predicted octanol–water partition coefficient (Wildman–Crippen LogP) is 4.69. The minimum absolute atomic E-state index is 0.0969. The number of hydrogen-bond acceptors (Lipinski definition) is 2. The lowest BCUT2D eigenvalue weighted by molar-refractivity contribution is -0.140. The lowest BCUT2D eigenvalue weighted by Gasteiger charge is -2.29. The summed E-state index contributed by atoms with van der Waals surface area (Å²) in [7, 11) is 0. The van der Waals surface area contributed by atoms with Crippen molar-refractivity contribution in [1.29, 1.82) is 0 Å². The molecule has 0 fully saturated rings. The Labute approximate surface area is 179 Å². The van der Waals surface area contributed by atoms with Crippen LogP contribution in [0, 0.1) is 19.8 Å². The molecule has 156 valence electrons. The summed E-state index contributed by atoms with van der Waals surface area (Å²) in [6.07, 6.45) is 0.243. The largest absolute Gasteiger partial charge is 0.354 e. The van der Waals surface area contributed by atoms with Crippen LogP contribution in [0.5, 0.6) is 0 Å². The maximum Gasteiger partial charge on any atom is 0.242 e. The van der Waals surface area contributed by atoms with Gasteiger partial charge in [-0.15, -0.1) is 0 Å². The topological polar surface area (TPSA) is 49.4 Å². The van der Waals surface area contributed by atoms with E-state index in [0.717, 1.165) is 16.7 Å². The number of aryl methyl sites for hydroxylation is 2. The second-order valence-electron chi connectivity index (χ2n) is 8.02. The van der Waals surface area contributed by atoms with Gasteiger partial charge >= 0.3 is 0 Å². The quantitative estimate of drug-likeness (QED) is 0.681. The van der Waals surface area contributed by atoms with E-state index in [1.54, 1.807) is 17.9 Å². The number of benzene rings is 2. The summed E-state index contributed by atoms with van der Waals surface area (Å²) >= 11 is 6.32. The third-order valence-corrected chi connectivity index (χ3v) is 5.45.